The number of alkyl halides is 1. The molecule has 0 radical (unpaired) electrons. The van der Waals surface area contributed by atoms with Crippen LogP contribution in [0.4, 0.5) is 4.39 Å². The molecule has 0 amide bonds. The summed E-state index contributed by atoms with van der Waals surface area (Å²) in [6.45, 7) is 0. The van der Waals surface area contributed by atoms with Gasteiger partial charge in [0, 0.05) is 11.6 Å². The first-order valence-electron chi connectivity index (χ1n) is 4.99. The lowest BCUT2D eigenvalue weighted by molar-refractivity contribution is 0.385. The molecule has 0 atom stereocenters. The molecule has 18 heavy (non-hydrogen) atoms. The van der Waals surface area contributed by atoms with Crippen LogP contribution < -0.4 is 4.74 Å². The molecule has 6 heteroatoms. The molecule has 0 saturated heterocycles. The second-order valence-corrected chi connectivity index (χ2v) is 3.74. The Hall–Kier alpha value is -2.06. The summed E-state index contributed by atoms with van der Waals surface area (Å²) < 4.78 is 23.6. The first-order valence-corrected chi connectivity index (χ1v) is 5.52. The van der Waals surface area contributed by atoms with E-state index < -0.39 is 5.82 Å². The highest BCUT2D eigenvalue weighted by Gasteiger charge is 2.14. The Morgan fingerprint density at radius 2 is 2.28 bits per heavy atom. The third-order valence-corrected chi connectivity index (χ3v) is 2.63. The molecule has 0 unspecified atom stereocenters. The third-order valence-electron chi connectivity index (χ3n) is 2.36. The normalized spacial score (nSPS) is 10.1. The van der Waals surface area contributed by atoms with Gasteiger partial charge in [-0.25, -0.2) is 4.39 Å². The van der Waals surface area contributed by atoms with Crippen LogP contribution in [0, 0.1) is 17.1 Å². The number of hydrogen-bond donors (Lipinski definition) is 0. The Balaban J connectivity index is 2.54. The van der Waals surface area contributed by atoms with Crippen molar-refractivity contribution in [3.05, 3.63) is 35.3 Å². The number of halogens is 2. The van der Waals surface area contributed by atoms with Gasteiger partial charge in [-0.05, 0) is 12.1 Å². The van der Waals surface area contributed by atoms with Crippen molar-refractivity contribution in [3.8, 4) is 23.1 Å². The number of aromatic nitrogens is 1. The van der Waals surface area contributed by atoms with E-state index >= 15 is 0 Å². The summed E-state index contributed by atoms with van der Waals surface area (Å²) in [7, 11) is 1.33. The van der Waals surface area contributed by atoms with E-state index in [9.17, 15) is 4.39 Å². The Kier molecular flexibility index (Phi) is 3.49. The van der Waals surface area contributed by atoms with Crippen LogP contribution in [0.1, 0.15) is 11.3 Å². The van der Waals surface area contributed by atoms with Gasteiger partial charge < -0.3 is 9.26 Å². The van der Waals surface area contributed by atoms with Gasteiger partial charge in [0.1, 0.15) is 6.07 Å². The number of ether oxygens (including phenoxy) is 1. The van der Waals surface area contributed by atoms with Crippen LogP contribution in [-0.2, 0) is 5.88 Å². The molecule has 0 saturated carbocycles. The van der Waals surface area contributed by atoms with Crippen LogP contribution in [-0.4, -0.2) is 12.3 Å². The van der Waals surface area contributed by atoms with Gasteiger partial charge in [-0.1, -0.05) is 5.16 Å². The molecule has 0 spiro atoms. The molecule has 1 aromatic carbocycles. The van der Waals surface area contributed by atoms with Crippen LogP contribution >= 0.6 is 11.6 Å². The average Bonchev–Trinajstić information content (AvgIpc) is 2.88. The smallest absolute Gasteiger partial charge is 0.182 e. The summed E-state index contributed by atoms with van der Waals surface area (Å²) in [6, 6.07) is 6.19. The number of nitrogens with zero attached hydrogens (tertiary/aromatic N) is 2. The van der Waals surface area contributed by atoms with Gasteiger partial charge in [-0.15, -0.1) is 11.6 Å². The van der Waals surface area contributed by atoms with Gasteiger partial charge in [0.15, 0.2) is 17.3 Å². The van der Waals surface area contributed by atoms with Crippen LogP contribution in [0.25, 0.3) is 11.3 Å². The number of methoxy groups -OCH3 is 1. The van der Waals surface area contributed by atoms with E-state index in [2.05, 4.69) is 5.16 Å². The third kappa shape index (κ3) is 2.15. The SMILES string of the molecule is COc1cc(-c2cc(CCl)no2)cc(C#N)c1F. The lowest BCUT2D eigenvalue weighted by atomic mass is 10.1. The summed E-state index contributed by atoms with van der Waals surface area (Å²) in [6.07, 6.45) is 0. The maximum atomic E-state index is 13.6. The van der Waals surface area contributed by atoms with Crippen molar-refractivity contribution in [2.45, 2.75) is 5.88 Å². The zero-order valence-corrected chi connectivity index (χ0v) is 10.2. The second kappa shape index (κ2) is 5.07. The molecule has 1 heterocycles. The molecule has 0 N–H and O–H groups in total. The fourth-order valence-corrected chi connectivity index (χ4v) is 1.61. The van der Waals surface area contributed by atoms with Crippen molar-refractivity contribution >= 4 is 11.6 Å². The van der Waals surface area contributed by atoms with E-state index in [1.807, 2.05) is 0 Å². The summed E-state index contributed by atoms with van der Waals surface area (Å²) in [5, 5.41) is 12.6. The number of rotatable bonds is 3. The standard InChI is InChI=1S/C12H8ClFN2O2/c1-17-11-3-7(2-8(6-15)12(11)14)10-4-9(5-13)16-18-10/h2-4H,5H2,1H3. The van der Waals surface area contributed by atoms with Crippen molar-refractivity contribution in [2.24, 2.45) is 0 Å². The maximum Gasteiger partial charge on any atom is 0.182 e. The molecule has 0 bridgehead atoms. The second-order valence-electron chi connectivity index (χ2n) is 3.47. The van der Waals surface area contributed by atoms with Crippen LogP contribution in [0.15, 0.2) is 22.7 Å². The van der Waals surface area contributed by atoms with Crippen LogP contribution in [0.3, 0.4) is 0 Å². The predicted molar refractivity (Wildman–Crippen MR) is 62.7 cm³/mol. The van der Waals surface area contributed by atoms with Crippen LogP contribution in [0.2, 0.25) is 0 Å². The molecule has 0 aliphatic heterocycles. The van der Waals surface area contributed by atoms with E-state index in [-0.39, 0.29) is 17.2 Å². The van der Waals surface area contributed by atoms with Crippen molar-refractivity contribution < 1.29 is 13.7 Å². The lowest BCUT2D eigenvalue weighted by Gasteiger charge is -2.05. The molecular weight excluding hydrogens is 259 g/mol. The summed E-state index contributed by atoms with van der Waals surface area (Å²) in [5.74, 6) is -0.0958. The van der Waals surface area contributed by atoms with Crippen molar-refractivity contribution in [2.75, 3.05) is 7.11 Å². The first-order chi connectivity index (χ1) is 8.69. The molecule has 2 rings (SSSR count). The topological polar surface area (TPSA) is 59.1 Å². The van der Waals surface area contributed by atoms with E-state index in [1.54, 1.807) is 12.1 Å². The quantitative estimate of drug-likeness (QED) is 0.801. The molecule has 0 aliphatic rings. The highest BCUT2D eigenvalue weighted by molar-refractivity contribution is 6.16. The van der Waals surface area contributed by atoms with E-state index in [4.69, 9.17) is 26.1 Å². The molecular formula is C12H8ClFN2O2. The van der Waals surface area contributed by atoms with Crippen molar-refractivity contribution in [1.82, 2.24) is 5.16 Å². The zero-order valence-electron chi connectivity index (χ0n) is 9.41. The van der Waals surface area contributed by atoms with Gasteiger partial charge in [0.25, 0.3) is 0 Å². The maximum absolute atomic E-state index is 13.6. The number of nitriles is 1. The van der Waals surface area contributed by atoms with E-state index in [0.717, 1.165) is 0 Å². The first kappa shape index (κ1) is 12.4. The Morgan fingerprint density at radius 3 is 2.83 bits per heavy atom. The minimum Gasteiger partial charge on any atom is -0.494 e. The Bertz CT molecular complexity index is 619. The predicted octanol–water partition coefficient (Wildman–Crippen LogP) is 3.10. The van der Waals surface area contributed by atoms with Crippen LogP contribution in [0.5, 0.6) is 5.75 Å². The lowest BCUT2D eigenvalue weighted by Crippen LogP contribution is -1.93. The van der Waals surface area contributed by atoms with Gasteiger partial charge in [-0.3, -0.25) is 0 Å². The summed E-state index contributed by atoms with van der Waals surface area (Å²) in [4.78, 5) is 0. The molecule has 4 nitrogen and oxygen atoms in total. The monoisotopic (exact) mass is 266 g/mol. The minimum atomic E-state index is -0.694. The number of hydrogen-bond acceptors (Lipinski definition) is 4. The van der Waals surface area contributed by atoms with Gasteiger partial charge >= 0.3 is 0 Å². The van der Waals surface area contributed by atoms with Crippen molar-refractivity contribution in [1.29, 1.82) is 5.26 Å². The molecule has 0 fully saturated rings. The number of benzene rings is 1. The summed E-state index contributed by atoms with van der Waals surface area (Å²) in [5.41, 5.74) is 0.954. The van der Waals surface area contributed by atoms with Gasteiger partial charge in [-0.2, -0.15) is 5.26 Å². The van der Waals surface area contributed by atoms with Gasteiger partial charge in [0.05, 0.1) is 24.2 Å². The molecule has 92 valence electrons. The van der Waals surface area contributed by atoms with Gasteiger partial charge in [0.2, 0.25) is 0 Å². The Labute approximate surface area is 108 Å². The highest BCUT2D eigenvalue weighted by atomic mass is 35.5. The fourth-order valence-electron chi connectivity index (χ4n) is 1.48. The highest BCUT2D eigenvalue weighted by Crippen LogP contribution is 2.29. The van der Waals surface area contributed by atoms with E-state index in [0.29, 0.717) is 17.0 Å². The Morgan fingerprint density at radius 1 is 1.50 bits per heavy atom. The molecule has 1 aromatic heterocycles. The minimum absolute atomic E-state index is 0.0205. The average molecular weight is 267 g/mol. The zero-order chi connectivity index (χ0) is 13.1. The summed E-state index contributed by atoms with van der Waals surface area (Å²) >= 11 is 5.61. The molecule has 2 aromatic rings. The molecule has 0 aliphatic carbocycles. The fraction of sp³-hybridized carbons (Fsp3) is 0.167. The van der Waals surface area contributed by atoms with E-state index in [1.165, 1.54) is 19.2 Å². The van der Waals surface area contributed by atoms with Crippen molar-refractivity contribution in [3.63, 3.8) is 0 Å². The largest absolute Gasteiger partial charge is 0.494 e.